The Morgan fingerprint density at radius 1 is 1.08 bits per heavy atom. The summed E-state index contributed by atoms with van der Waals surface area (Å²) in [4.78, 5) is 28.0. The Morgan fingerprint density at radius 2 is 1.92 bits per heavy atom. The molecule has 5 fully saturated rings. The van der Waals surface area contributed by atoms with E-state index in [-0.39, 0.29) is 24.0 Å². The van der Waals surface area contributed by atoms with Crippen molar-refractivity contribution in [1.29, 1.82) is 0 Å². The fourth-order valence-corrected chi connectivity index (χ4v) is 6.20. The highest BCUT2D eigenvalue weighted by Crippen LogP contribution is 2.57. The predicted octanol–water partition coefficient (Wildman–Crippen LogP) is 0.856. The van der Waals surface area contributed by atoms with Gasteiger partial charge in [0.15, 0.2) is 11.9 Å². The van der Waals surface area contributed by atoms with E-state index in [1.165, 1.54) is 12.8 Å². The normalized spacial score (nSPS) is 52.2. The first kappa shape index (κ1) is 14.0. The summed E-state index contributed by atoms with van der Waals surface area (Å²) in [6.07, 6.45) is 7.50. The molecule has 6 aliphatic rings. The van der Waals surface area contributed by atoms with Crippen LogP contribution in [0.2, 0.25) is 0 Å². The molecule has 0 radical (unpaired) electrons. The van der Waals surface area contributed by atoms with E-state index >= 15 is 0 Å². The smallest absolute Gasteiger partial charge is 0.236 e. The Bertz CT molecular complexity index is 656. The van der Waals surface area contributed by atoms with E-state index in [2.05, 4.69) is 0 Å². The van der Waals surface area contributed by atoms with Gasteiger partial charge in [-0.3, -0.25) is 14.5 Å². The second-order valence-corrected chi connectivity index (χ2v) is 8.16. The van der Waals surface area contributed by atoms with Crippen LogP contribution in [0.4, 0.5) is 0 Å². The molecule has 3 saturated heterocycles. The Morgan fingerprint density at radius 3 is 2.62 bits per heavy atom. The zero-order valence-corrected chi connectivity index (χ0v) is 13.4. The molecule has 2 saturated carbocycles. The SMILES string of the molecule is O=C1[C@@H]2[C@H]3C=C[C@@](C4OCCO4)(O3)[C@H]2C(=O)N1[C@@H]1C[C@H]2CC[C@H]1C2. The first-order valence-electron chi connectivity index (χ1n) is 9.16. The van der Waals surface area contributed by atoms with Gasteiger partial charge in [0.25, 0.3) is 0 Å². The van der Waals surface area contributed by atoms with Crippen LogP contribution in [0.1, 0.15) is 25.7 Å². The average molecular weight is 331 g/mol. The van der Waals surface area contributed by atoms with Gasteiger partial charge in [-0.25, -0.2) is 0 Å². The van der Waals surface area contributed by atoms with Gasteiger partial charge in [0.1, 0.15) is 0 Å². The number of amides is 2. The zero-order valence-electron chi connectivity index (χ0n) is 13.4. The van der Waals surface area contributed by atoms with E-state index in [1.807, 2.05) is 12.2 Å². The van der Waals surface area contributed by atoms with Crippen LogP contribution in [0.5, 0.6) is 0 Å². The number of imide groups is 1. The van der Waals surface area contributed by atoms with Crippen molar-refractivity contribution in [3.63, 3.8) is 0 Å². The third-order valence-electron chi connectivity index (χ3n) is 7.13. The van der Waals surface area contributed by atoms with Crippen LogP contribution in [0.15, 0.2) is 12.2 Å². The van der Waals surface area contributed by atoms with Gasteiger partial charge >= 0.3 is 0 Å². The molecule has 6 heteroatoms. The van der Waals surface area contributed by atoms with E-state index in [0.29, 0.717) is 25.0 Å². The summed E-state index contributed by atoms with van der Waals surface area (Å²) in [5, 5.41) is 0. The number of likely N-dealkylation sites (tertiary alicyclic amines) is 1. The molecule has 2 aliphatic carbocycles. The fourth-order valence-electron chi connectivity index (χ4n) is 6.20. The molecule has 7 atom stereocenters. The van der Waals surface area contributed by atoms with Crippen molar-refractivity contribution in [3.8, 4) is 0 Å². The Kier molecular flexibility index (Phi) is 2.61. The number of hydrogen-bond donors (Lipinski definition) is 0. The molecule has 6 nitrogen and oxygen atoms in total. The lowest BCUT2D eigenvalue weighted by Gasteiger charge is -2.34. The van der Waals surface area contributed by atoms with Gasteiger partial charge in [0.05, 0.1) is 31.2 Å². The minimum Gasteiger partial charge on any atom is -0.357 e. The third kappa shape index (κ3) is 1.49. The number of carbonyl (C=O) groups is 2. The molecular formula is C18H21NO5. The maximum atomic E-state index is 13.3. The molecule has 6 rings (SSSR count). The van der Waals surface area contributed by atoms with Crippen molar-refractivity contribution in [2.45, 2.75) is 49.7 Å². The highest BCUT2D eigenvalue weighted by molar-refractivity contribution is 6.07. The standard InChI is InChI=1S/C18H21NO5/c20-15-13-12-3-4-18(24-12,17-22-5-6-23-17)14(13)16(21)19(15)11-8-9-1-2-10(11)7-9/h3-4,9-14,17H,1-2,5-8H2/t9-,10-,11+,12+,13+,14+,18+/m0/s1. The van der Waals surface area contributed by atoms with Crippen molar-refractivity contribution in [1.82, 2.24) is 4.90 Å². The van der Waals surface area contributed by atoms with E-state index in [9.17, 15) is 9.59 Å². The van der Waals surface area contributed by atoms with Crippen LogP contribution >= 0.6 is 0 Å². The van der Waals surface area contributed by atoms with Crippen molar-refractivity contribution in [3.05, 3.63) is 12.2 Å². The lowest BCUT2D eigenvalue weighted by atomic mass is 9.76. The predicted molar refractivity (Wildman–Crippen MR) is 80.5 cm³/mol. The van der Waals surface area contributed by atoms with E-state index in [1.54, 1.807) is 4.90 Å². The largest absolute Gasteiger partial charge is 0.357 e. The van der Waals surface area contributed by atoms with Gasteiger partial charge < -0.3 is 14.2 Å². The minimum atomic E-state index is -0.912. The summed E-state index contributed by atoms with van der Waals surface area (Å²) in [5.41, 5.74) is -0.912. The monoisotopic (exact) mass is 331 g/mol. The molecule has 0 aromatic rings. The Hall–Kier alpha value is -1.24. The number of carbonyl (C=O) groups excluding carboxylic acids is 2. The first-order chi connectivity index (χ1) is 11.7. The summed E-state index contributed by atoms with van der Waals surface area (Å²) in [7, 11) is 0. The molecule has 2 amide bonds. The third-order valence-corrected chi connectivity index (χ3v) is 7.13. The van der Waals surface area contributed by atoms with Crippen LogP contribution in [0.3, 0.4) is 0 Å². The summed E-state index contributed by atoms with van der Waals surface area (Å²) in [5.74, 6) is 0.229. The number of ether oxygens (including phenoxy) is 3. The minimum absolute atomic E-state index is 0.0308. The number of nitrogens with zero attached hydrogens (tertiary/aromatic N) is 1. The van der Waals surface area contributed by atoms with Crippen molar-refractivity contribution < 1.29 is 23.8 Å². The number of fused-ring (bicyclic) bond motifs is 7. The maximum Gasteiger partial charge on any atom is 0.236 e. The summed E-state index contributed by atoms with van der Waals surface area (Å²) in [6.45, 7) is 1.01. The van der Waals surface area contributed by atoms with Crippen molar-refractivity contribution in [2.75, 3.05) is 13.2 Å². The van der Waals surface area contributed by atoms with Crippen molar-refractivity contribution in [2.24, 2.45) is 23.7 Å². The second-order valence-electron chi connectivity index (χ2n) is 8.16. The van der Waals surface area contributed by atoms with Crippen LogP contribution in [0.25, 0.3) is 0 Å². The summed E-state index contributed by atoms with van der Waals surface area (Å²) >= 11 is 0. The van der Waals surface area contributed by atoms with Gasteiger partial charge in [-0.2, -0.15) is 0 Å². The molecule has 4 aliphatic heterocycles. The first-order valence-corrected chi connectivity index (χ1v) is 9.16. The van der Waals surface area contributed by atoms with E-state index in [4.69, 9.17) is 14.2 Å². The van der Waals surface area contributed by atoms with Gasteiger partial charge in [0, 0.05) is 6.04 Å². The lowest BCUT2D eigenvalue weighted by molar-refractivity contribution is -0.184. The molecule has 0 spiro atoms. The van der Waals surface area contributed by atoms with Crippen LogP contribution < -0.4 is 0 Å². The number of rotatable bonds is 2. The molecular weight excluding hydrogens is 310 g/mol. The molecule has 128 valence electrons. The van der Waals surface area contributed by atoms with Crippen LogP contribution in [-0.4, -0.2) is 54.0 Å². The van der Waals surface area contributed by atoms with Crippen molar-refractivity contribution >= 4 is 11.8 Å². The molecule has 0 unspecified atom stereocenters. The summed E-state index contributed by atoms with van der Waals surface area (Å²) in [6, 6.07) is 0.108. The molecule has 0 aromatic carbocycles. The van der Waals surface area contributed by atoms with Crippen LogP contribution in [-0.2, 0) is 23.8 Å². The molecule has 4 bridgehead atoms. The molecule has 0 aromatic heterocycles. The molecule has 24 heavy (non-hydrogen) atoms. The average Bonchev–Trinajstić information content (AvgIpc) is 3.39. The zero-order chi connectivity index (χ0) is 16.1. The number of hydrogen-bond acceptors (Lipinski definition) is 5. The van der Waals surface area contributed by atoms with E-state index in [0.717, 1.165) is 12.8 Å². The topological polar surface area (TPSA) is 65.1 Å². The van der Waals surface area contributed by atoms with Gasteiger partial charge in [-0.05, 0) is 37.2 Å². The van der Waals surface area contributed by atoms with Gasteiger partial charge in [0.2, 0.25) is 11.8 Å². The van der Waals surface area contributed by atoms with Crippen LogP contribution in [0, 0.1) is 23.7 Å². The van der Waals surface area contributed by atoms with Gasteiger partial charge in [-0.15, -0.1) is 0 Å². The highest BCUT2D eigenvalue weighted by atomic mass is 16.7. The maximum absolute atomic E-state index is 13.3. The van der Waals surface area contributed by atoms with E-state index < -0.39 is 23.7 Å². The summed E-state index contributed by atoms with van der Waals surface area (Å²) < 4.78 is 17.5. The highest BCUT2D eigenvalue weighted by Gasteiger charge is 2.72. The second kappa shape index (κ2) is 4.48. The quantitative estimate of drug-likeness (QED) is 0.555. The fraction of sp³-hybridized carbons (Fsp3) is 0.778. The van der Waals surface area contributed by atoms with Gasteiger partial charge in [-0.1, -0.05) is 12.5 Å². The Labute approximate surface area is 140 Å². The molecule has 4 heterocycles. The lowest BCUT2D eigenvalue weighted by Crippen LogP contribution is -2.51. The Balaban J connectivity index is 1.37. The molecule has 0 N–H and O–H groups in total.